The van der Waals surface area contributed by atoms with Crippen LogP contribution in [0.5, 0.6) is 0 Å². The zero-order valence-electron chi connectivity index (χ0n) is 10.3. The van der Waals surface area contributed by atoms with Gasteiger partial charge in [-0.1, -0.05) is 18.2 Å². The summed E-state index contributed by atoms with van der Waals surface area (Å²) in [4.78, 5) is 1.03. The number of rotatable bonds is 2. The van der Waals surface area contributed by atoms with Gasteiger partial charge < -0.3 is 5.11 Å². The Kier molecular flexibility index (Phi) is 2.77. The van der Waals surface area contributed by atoms with Gasteiger partial charge in [0.2, 0.25) is 0 Å². The topological polar surface area (TPSA) is 20.2 Å². The van der Waals surface area contributed by atoms with Crippen LogP contribution in [0.2, 0.25) is 0 Å². The number of fused-ring (bicyclic) bond motifs is 1. The van der Waals surface area contributed by atoms with Crippen molar-refractivity contribution < 1.29 is 5.11 Å². The summed E-state index contributed by atoms with van der Waals surface area (Å²) < 4.78 is 1.18. The molecule has 92 valence electrons. The van der Waals surface area contributed by atoms with Gasteiger partial charge in [0.05, 0.1) is 0 Å². The highest BCUT2D eigenvalue weighted by molar-refractivity contribution is 7.17. The van der Waals surface area contributed by atoms with E-state index in [2.05, 4.69) is 30.5 Å². The third-order valence-corrected chi connectivity index (χ3v) is 5.50. The average Bonchev–Trinajstić information content (AvgIpc) is 2.96. The molecule has 0 radical (unpaired) electrons. The first-order chi connectivity index (χ1) is 8.60. The van der Waals surface area contributed by atoms with Gasteiger partial charge in [-0.15, -0.1) is 22.7 Å². The standard InChI is InChI=1S/C15H14OS2/c1-10-6-8-18-14(10)15(2,16)12-5-3-4-11-7-9-17-13(11)12/h3-9,16H,1-2H3. The van der Waals surface area contributed by atoms with E-state index in [1.165, 1.54) is 10.1 Å². The van der Waals surface area contributed by atoms with Crippen LogP contribution in [0.25, 0.3) is 10.1 Å². The number of hydrogen-bond donors (Lipinski definition) is 1. The molecule has 3 rings (SSSR count). The summed E-state index contributed by atoms with van der Waals surface area (Å²) in [5, 5.41) is 16.3. The molecule has 0 amide bonds. The molecule has 0 saturated carbocycles. The summed E-state index contributed by atoms with van der Waals surface area (Å²) in [7, 11) is 0. The minimum Gasteiger partial charge on any atom is -0.380 e. The maximum Gasteiger partial charge on any atom is 0.123 e. The molecule has 18 heavy (non-hydrogen) atoms. The largest absolute Gasteiger partial charge is 0.380 e. The molecule has 0 fully saturated rings. The maximum atomic E-state index is 11.0. The third-order valence-electron chi connectivity index (χ3n) is 3.31. The molecule has 3 heteroatoms. The molecule has 0 aliphatic carbocycles. The molecule has 2 aromatic heterocycles. The van der Waals surface area contributed by atoms with Crippen LogP contribution in [0.4, 0.5) is 0 Å². The molecule has 3 aromatic rings. The number of aryl methyl sites for hydroxylation is 1. The molecule has 0 spiro atoms. The highest BCUT2D eigenvalue weighted by atomic mass is 32.1. The van der Waals surface area contributed by atoms with E-state index in [0.29, 0.717) is 0 Å². The van der Waals surface area contributed by atoms with Gasteiger partial charge in [-0.3, -0.25) is 0 Å². The fraction of sp³-hybridized carbons (Fsp3) is 0.200. The minimum absolute atomic E-state index is 0.914. The Morgan fingerprint density at radius 1 is 1.06 bits per heavy atom. The SMILES string of the molecule is Cc1ccsc1C(C)(O)c1cccc2ccsc12. The second-order valence-corrected chi connectivity index (χ2v) is 6.48. The van der Waals surface area contributed by atoms with Crippen LogP contribution in [0.3, 0.4) is 0 Å². The van der Waals surface area contributed by atoms with Crippen molar-refractivity contribution in [3.05, 3.63) is 57.1 Å². The molecule has 1 N–H and O–H groups in total. The molecular formula is C15H14OS2. The average molecular weight is 274 g/mol. The predicted molar refractivity (Wildman–Crippen MR) is 79.6 cm³/mol. The van der Waals surface area contributed by atoms with Gasteiger partial charge in [0.1, 0.15) is 5.60 Å². The fourth-order valence-electron chi connectivity index (χ4n) is 2.37. The Morgan fingerprint density at radius 3 is 2.56 bits per heavy atom. The van der Waals surface area contributed by atoms with Crippen LogP contribution in [-0.4, -0.2) is 5.11 Å². The van der Waals surface area contributed by atoms with Crippen molar-refractivity contribution in [2.24, 2.45) is 0 Å². The van der Waals surface area contributed by atoms with Crippen molar-refractivity contribution in [2.75, 3.05) is 0 Å². The summed E-state index contributed by atoms with van der Waals surface area (Å²) in [5.41, 5.74) is 1.24. The van der Waals surface area contributed by atoms with E-state index in [4.69, 9.17) is 0 Å². The number of benzene rings is 1. The molecule has 0 aliphatic heterocycles. The highest BCUT2D eigenvalue weighted by Crippen LogP contribution is 2.39. The van der Waals surface area contributed by atoms with Crippen LogP contribution in [-0.2, 0) is 5.60 Å². The molecule has 1 atom stereocenters. The molecule has 1 nitrogen and oxygen atoms in total. The Bertz CT molecular complexity index is 691. The molecule has 0 aliphatic rings. The van der Waals surface area contributed by atoms with Crippen molar-refractivity contribution >= 4 is 32.8 Å². The van der Waals surface area contributed by atoms with Crippen molar-refractivity contribution in [2.45, 2.75) is 19.4 Å². The third kappa shape index (κ3) is 1.70. The van der Waals surface area contributed by atoms with E-state index in [1.807, 2.05) is 24.4 Å². The molecule has 1 aromatic carbocycles. The first-order valence-corrected chi connectivity index (χ1v) is 7.60. The lowest BCUT2D eigenvalue weighted by Gasteiger charge is -2.24. The van der Waals surface area contributed by atoms with Gasteiger partial charge in [-0.05, 0) is 47.7 Å². The van der Waals surface area contributed by atoms with E-state index >= 15 is 0 Å². The Morgan fingerprint density at radius 2 is 1.83 bits per heavy atom. The minimum atomic E-state index is -0.914. The van der Waals surface area contributed by atoms with E-state index in [9.17, 15) is 5.11 Å². The van der Waals surface area contributed by atoms with Crippen LogP contribution < -0.4 is 0 Å². The predicted octanol–water partition coefficient (Wildman–Crippen LogP) is 4.53. The molecular weight excluding hydrogens is 260 g/mol. The van der Waals surface area contributed by atoms with E-state index in [-0.39, 0.29) is 0 Å². The highest BCUT2D eigenvalue weighted by Gasteiger charge is 2.30. The van der Waals surface area contributed by atoms with Gasteiger partial charge >= 0.3 is 0 Å². The first-order valence-electron chi connectivity index (χ1n) is 5.84. The van der Waals surface area contributed by atoms with Gasteiger partial charge in [-0.2, -0.15) is 0 Å². The first kappa shape index (κ1) is 11.9. The molecule has 2 heterocycles. The van der Waals surface area contributed by atoms with Crippen molar-refractivity contribution in [3.8, 4) is 0 Å². The maximum absolute atomic E-state index is 11.0. The quantitative estimate of drug-likeness (QED) is 0.728. The van der Waals surface area contributed by atoms with Crippen molar-refractivity contribution in [1.82, 2.24) is 0 Å². The molecule has 1 unspecified atom stereocenters. The summed E-state index contributed by atoms with van der Waals surface area (Å²) in [6.45, 7) is 3.94. The van der Waals surface area contributed by atoms with Crippen LogP contribution in [0.15, 0.2) is 41.1 Å². The Hall–Kier alpha value is -1.16. The van der Waals surface area contributed by atoms with Gasteiger partial charge in [0.15, 0.2) is 0 Å². The van der Waals surface area contributed by atoms with E-state index in [0.717, 1.165) is 16.0 Å². The molecule has 0 bridgehead atoms. The molecule has 0 saturated heterocycles. The fourth-order valence-corrected chi connectivity index (χ4v) is 4.39. The summed E-state index contributed by atoms with van der Waals surface area (Å²) in [6, 6.07) is 10.3. The summed E-state index contributed by atoms with van der Waals surface area (Å²) >= 11 is 3.31. The summed E-state index contributed by atoms with van der Waals surface area (Å²) in [5.74, 6) is 0. The van der Waals surface area contributed by atoms with E-state index in [1.54, 1.807) is 22.7 Å². The van der Waals surface area contributed by atoms with Crippen molar-refractivity contribution in [1.29, 1.82) is 0 Å². The monoisotopic (exact) mass is 274 g/mol. The van der Waals surface area contributed by atoms with Gasteiger partial charge in [0, 0.05) is 15.1 Å². The lowest BCUT2D eigenvalue weighted by molar-refractivity contribution is 0.107. The number of hydrogen-bond acceptors (Lipinski definition) is 3. The van der Waals surface area contributed by atoms with Crippen LogP contribution in [0.1, 0.15) is 22.9 Å². The lowest BCUT2D eigenvalue weighted by Crippen LogP contribution is -2.22. The van der Waals surface area contributed by atoms with Crippen molar-refractivity contribution in [3.63, 3.8) is 0 Å². The number of aliphatic hydroxyl groups is 1. The van der Waals surface area contributed by atoms with Gasteiger partial charge in [0.25, 0.3) is 0 Å². The normalized spacial score (nSPS) is 14.8. The van der Waals surface area contributed by atoms with E-state index < -0.39 is 5.60 Å². The zero-order chi connectivity index (χ0) is 12.8. The second-order valence-electron chi connectivity index (χ2n) is 4.65. The van der Waals surface area contributed by atoms with Crippen LogP contribution >= 0.6 is 22.7 Å². The second kappa shape index (κ2) is 4.19. The lowest BCUT2D eigenvalue weighted by atomic mass is 9.91. The number of thiophene rings is 2. The van der Waals surface area contributed by atoms with Gasteiger partial charge in [-0.25, -0.2) is 0 Å². The van der Waals surface area contributed by atoms with Crippen LogP contribution in [0, 0.1) is 6.92 Å². The Balaban J connectivity index is 2.25. The Labute approximate surface area is 114 Å². The smallest absolute Gasteiger partial charge is 0.123 e. The summed E-state index contributed by atoms with van der Waals surface area (Å²) in [6.07, 6.45) is 0. The zero-order valence-corrected chi connectivity index (χ0v) is 11.9.